The monoisotopic (exact) mass is 277 g/mol. The normalized spacial score (nSPS) is 27.0. The van der Waals surface area contributed by atoms with Gasteiger partial charge in [0.2, 0.25) is 0 Å². The summed E-state index contributed by atoms with van der Waals surface area (Å²) in [7, 11) is 2.07. The second-order valence-corrected chi connectivity index (χ2v) is 6.75. The number of hydrogen-bond donors (Lipinski definition) is 1. The maximum Gasteiger partial charge on any atom is 0.123 e. The van der Waals surface area contributed by atoms with Crippen molar-refractivity contribution in [1.29, 1.82) is 0 Å². The van der Waals surface area contributed by atoms with E-state index in [1.807, 2.05) is 13.0 Å². The van der Waals surface area contributed by atoms with Crippen LogP contribution in [0.2, 0.25) is 0 Å². The highest BCUT2D eigenvalue weighted by Crippen LogP contribution is 2.36. The predicted octanol–water partition coefficient (Wildman–Crippen LogP) is 4.34. The van der Waals surface area contributed by atoms with Gasteiger partial charge in [-0.3, -0.25) is 0 Å². The first kappa shape index (κ1) is 15.5. The first-order valence-electron chi connectivity index (χ1n) is 7.93. The molecule has 3 unspecified atom stereocenters. The fourth-order valence-corrected chi connectivity index (χ4v) is 3.68. The molecule has 0 saturated heterocycles. The molecule has 2 heteroatoms. The Kier molecular flexibility index (Phi) is 5.20. The molecule has 1 aromatic rings. The number of hydrogen-bond acceptors (Lipinski definition) is 1. The number of halogens is 1. The Morgan fingerprint density at radius 3 is 2.65 bits per heavy atom. The van der Waals surface area contributed by atoms with Gasteiger partial charge in [-0.1, -0.05) is 19.9 Å². The van der Waals surface area contributed by atoms with Gasteiger partial charge in [0.05, 0.1) is 0 Å². The zero-order valence-corrected chi connectivity index (χ0v) is 13.2. The van der Waals surface area contributed by atoms with Crippen molar-refractivity contribution in [2.24, 2.45) is 17.8 Å². The van der Waals surface area contributed by atoms with Gasteiger partial charge in [0.25, 0.3) is 0 Å². The minimum atomic E-state index is -0.125. The molecule has 3 atom stereocenters. The number of rotatable bonds is 4. The van der Waals surface area contributed by atoms with Gasteiger partial charge in [-0.05, 0) is 80.7 Å². The molecule has 0 heterocycles. The van der Waals surface area contributed by atoms with Crippen molar-refractivity contribution in [3.63, 3.8) is 0 Å². The standard InChI is InChI=1S/C18H28FN/c1-12(2)14-6-8-18(20-4)16(10-14)11-15-5-7-17(19)9-13(15)3/h5,7,9,12,14,16,18,20H,6,8,10-11H2,1-4H3. The molecular weight excluding hydrogens is 249 g/mol. The molecule has 1 fully saturated rings. The van der Waals surface area contributed by atoms with Crippen molar-refractivity contribution in [3.05, 3.63) is 35.1 Å². The number of benzene rings is 1. The quantitative estimate of drug-likeness (QED) is 0.863. The minimum absolute atomic E-state index is 0.125. The average Bonchev–Trinajstić information content (AvgIpc) is 2.41. The lowest BCUT2D eigenvalue weighted by atomic mass is 9.71. The smallest absolute Gasteiger partial charge is 0.123 e. The second kappa shape index (κ2) is 6.71. The Morgan fingerprint density at radius 2 is 2.05 bits per heavy atom. The van der Waals surface area contributed by atoms with Gasteiger partial charge < -0.3 is 5.32 Å². The molecule has 0 aromatic heterocycles. The summed E-state index contributed by atoms with van der Waals surface area (Å²) in [5.41, 5.74) is 2.40. The molecule has 1 nitrogen and oxygen atoms in total. The molecule has 1 aromatic carbocycles. The molecule has 1 aliphatic carbocycles. The Balaban J connectivity index is 2.11. The SMILES string of the molecule is CNC1CCC(C(C)C)CC1Cc1ccc(F)cc1C. The lowest BCUT2D eigenvalue weighted by molar-refractivity contribution is 0.172. The molecule has 20 heavy (non-hydrogen) atoms. The molecule has 0 aliphatic heterocycles. The van der Waals surface area contributed by atoms with Crippen LogP contribution in [-0.2, 0) is 6.42 Å². The molecule has 0 radical (unpaired) electrons. The maximum atomic E-state index is 13.2. The van der Waals surface area contributed by atoms with Crippen LogP contribution >= 0.6 is 0 Å². The summed E-state index contributed by atoms with van der Waals surface area (Å²) in [5, 5.41) is 3.49. The number of aryl methyl sites for hydroxylation is 1. The minimum Gasteiger partial charge on any atom is -0.317 e. The Hall–Kier alpha value is -0.890. The first-order chi connectivity index (χ1) is 9.51. The predicted molar refractivity (Wildman–Crippen MR) is 83.4 cm³/mol. The first-order valence-corrected chi connectivity index (χ1v) is 7.93. The van der Waals surface area contributed by atoms with Crippen molar-refractivity contribution in [3.8, 4) is 0 Å². The van der Waals surface area contributed by atoms with E-state index in [0.29, 0.717) is 12.0 Å². The highest BCUT2D eigenvalue weighted by atomic mass is 19.1. The molecule has 2 rings (SSSR count). The van der Waals surface area contributed by atoms with E-state index in [9.17, 15) is 4.39 Å². The fraction of sp³-hybridized carbons (Fsp3) is 0.667. The van der Waals surface area contributed by atoms with Gasteiger partial charge in [-0.25, -0.2) is 4.39 Å². The van der Waals surface area contributed by atoms with Gasteiger partial charge in [-0.15, -0.1) is 0 Å². The Labute approximate surface area is 123 Å². The van der Waals surface area contributed by atoms with Crippen LogP contribution in [0.3, 0.4) is 0 Å². The van der Waals surface area contributed by atoms with E-state index in [1.54, 1.807) is 12.1 Å². The zero-order chi connectivity index (χ0) is 14.7. The summed E-state index contributed by atoms with van der Waals surface area (Å²) < 4.78 is 13.2. The molecular formula is C18H28FN. The van der Waals surface area contributed by atoms with Crippen molar-refractivity contribution < 1.29 is 4.39 Å². The van der Waals surface area contributed by atoms with E-state index in [4.69, 9.17) is 0 Å². The summed E-state index contributed by atoms with van der Waals surface area (Å²) in [6, 6.07) is 5.83. The Bertz CT molecular complexity index is 441. The fourth-order valence-electron chi connectivity index (χ4n) is 3.68. The molecule has 0 amide bonds. The van der Waals surface area contributed by atoms with Gasteiger partial charge in [0.15, 0.2) is 0 Å². The third-order valence-electron chi connectivity index (χ3n) is 5.12. The van der Waals surface area contributed by atoms with E-state index in [-0.39, 0.29) is 5.82 Å². The van der Waals surface area contributed by atoms with Crippen LogP contribution in [0.5, 0.6) is 0 Å². The van der Waals surface area contributed by atoms with Crippen molar-refractivity contribution in [2.45, 2.75) is 52.5 Å². The largest absolute Gasteiger partial charge is 0.317 e. The van der Waals surface area contributed by atoms with E-state index < -0.39 is 0 Å². The van der Waals surface area contributed by atoms with Crippen LogP contribution in [0.1, 0.15) is 44.2 Å². The molecule has 1 N–H and O–H groups in total. The average molecular weight is 277 g/mol. The van der Waals surface area contributed by atoms with Gasteiger partial charge in [-0.2, -0.15) is 0 Å². The van der Waals surface area contributed by atoms with E-state index >= 15 is 0 Å². The van der Waals surface area contributed by atoms with Crippen LogP contribution in [0, 0.1) is 30.5 Å². The summed E-state index contributed by atoms with van der Waals surface area (Å²) in [5.74, 6) is 2.15. The second-order valence-electron chi connectivity index (χ2n) is 6.75. The van der Waals surface area contributed by atoms with Gasteiger partial charge in [0.1, 0.15) is 5.82 Å². The van der Waals surface area contributed by atoms with E-state index in [2.05, 4.69) is 26.2 Å². The zero-order valence-electron chi connectivity index (χ0n) is 13.2. The van der Waals surface area contributed by atoms with Crippen LogP contribution in [0.15, 0.2) is 18.2 Å². The van der Waals surface area contributed by atoms with Crippen molar-refractivity contribution >= 4 is 0 Å². The summed E-state index contributed by atoms with van der Waals surface area (Å²) in [6.07, 6.45) is 4.97. The summed E-state index contributed by atoms with van der Waals surface area (Å²) in [6.45, 7) is 6.70. The molecule has 0 spiro atoms. The highest BCUT2D eigenvalue weighted by Gasteiger charge is 2.31. The van der Waals surface area contributed by atoms with Crippen LogP contribution in [0.4, 0.5) is 4.39 Å². The molecule has 112 valence electrons. The third kappa shape index (κ3) is 3.60. The lowest BCUT2D eigenvalue weighted by Gasteiger charge is -2.38. The van der Waals surface area contributed by atoms with Crippen LogP contribution in [-0.4, -0.2) is 13.1 Å². The molecule has 0 bridgehead atoms. The van der Waals surface area contributed by atoms with Crippen LogP contribution in [0.25, 0.3) is 0 Å². The maximum absolute atomic E-state index is 13.2. The topological polar surface area (TPSA) is 12.0 Å². The van der Waals surface area contributed by atoms with Crippen molar-refractivity contribution in [2.75, 3.05) is 7.05 Å². The molecule has 1 aliphatic rings. The lowest BCUT2D eigenvalue weighted by Crippen LogP contribution is -2.40. The van der Waals surface area contributed by atoms with Gasteiger partial charge >= 0.3 is 0 Å². The van der Waals surface area contributed by atoms with E-state index in [0.717, 1.165) is 23.8 Å². The van der Waals surface area contributed by atoms with E-state index in [1.165, 1.54) is 24.8 Å². The summed E-state index contributed by atoms with van der Waals surface area (Å²) >= 11 is 0. The molecule has 1 saturated carbocycles. The third-order valence-corrected chi connectivity index (χ3v) is 5.12. The summed E-state index contributed by atoms with van der Waals surface area (Å²) in [4.78, 5) is 0. The number of nitrogens with one attached hydrogen (secondary N) is 1. The Morgan fingerprint density at radius 1 is 1.30 bits per heavy atom. The van der Waals surface area contributed by atoms with Gasteiger partial charge in [0, 0.05) is 6.04 Å². The highest BCUT2D eigenvalue weighted by molar-refractivity contribution is 5.27. The van der Waals surface area contributed by atoms with Crippen molar-refractivity contribution in [1.82, 2.24) is 5.32 Å². The van der Waals surface area contributed by atoms with Crippen LogP contribution < -0.4 is 5.32 Å².